The normalized spacial score (nSPS) is 52.2. The maximum atomic E-state index is 9.93. The zero-order chi connectivity index (χ0) is 9.15. The zero-order valence-electron chi connectivity index (χ0n) is 8.04. The van der Waals surface area contributed by atoms with Crippen LogP contribution in [0.3, 0.4) is 0 Å². The van der Waals surface area contributed by atoms with Crippen molar-refractivity contribution in [1.82, 2.24) is 0 Å². The van der Waals surface area contributed by atoms with Crippen LogP contribution in [0, 0.1) is 17.8 Å². The van der Waals surface area contributed by atoms with E-state index in [1.807, 2.05) is 20.8 Å². The predicted molar refractivity (Wildman–Crippen MR) is 46.6 cm³/mol. The fourth-order valence-electron chi connectivity index (χ4n) is 2.90. The Morgan fingerprint density at radius 1 is 1.42 bits per heavy atom. The Morgan fingerprint density at radius 2 is 2.00 bits per heavy atom. The van der Waals surface area contributed by atoms with Crippen molar-refractivity contribution in [3.63, 3.8) is 0 Å². The Balaban J connectivity index is 2.14. The molecule has 4 unspecified atom stereocenters. The molecule has 12 heavy (non-hydrogen) atoms. The minimum Gasteiger partial charge on any atom is -0.390 e. The maximum absolute atomic E-state index is 9.93. The van der Waals surface area contributed by atoms with Crippen molar-refractivity contribution >= 4 is 0 Å². The van der Waals surface area contributed by atoms with E-state index in [0.29, 0.717) is 17.8 Å². The van der Waals surface area contributed by atoms with Crippen molar-refractivity contribution < 1.29 is 10.2 Å². The predicted octanol–water partition coefficient (Wildman–Crippen LogP) is 1.16. The van der Waals surface area contributed by atoms with Gasteiger partial charge < -0.3 is 10.2 Å². The number of aliphatic hydroxyl groups is 2. The van der Waals surface area contributed by atoms with Crippen LogP contribution in [0.1, 0.15) is 33.6 Å². The molecule has 2 fully saturated rings. The van der Waals surface area contributed by atoms with Crippen LogP contribution in [-0.4, -0.2) is 21.4 Å². The highest BCUT2D eigenvalue weighted by atomic mass is 16.3. The van der Waals surface area contributed by atoms with Crippen LogP contribution in [-0.2, 0) is 0 Å². The number of hydrogen-bond acceptors (Lipinski definition) is 2. The van der Waals surface area contributed by atoms with Gasteiger partial charge in [-0.25, -0.2) is 0 Å². The van der Waals surface area contributed by atoms with Gasteiger partial charge in [-0.15, -0.1) is 0 Å². The molecule has 0 aromatic heterocycles. The second-order valence-corrected chi connectivity index (χ2v) is 5.33. The Kier molecular flexibility index (Phi) is 1.45. The molecule has 0 saturated heterocycles. The zero-order valence-corrected chi connectivity index (χ0v) is 8.04. The van der Waals surface area contributed by atoms with E-state index in [0.717, 1.165) is 12.8 Å². The summed E-state index contributed by atoms with van der Waals surface area (Å²) in [4.78, 5) is 0. The first kappa shape index (κ1) is 8.52. The summed E-state index contributed by atoms with van der Waals surface area (Å²) in [6, 6.07) is 0. The van der Waals surface area contributed by atoms with E-state index in [9.17, 15) is 10.2 Å². The molecule has 2 aliphatic carbocycles. The van der Waals surface area contributed by atoms with E-state index < -0.39 is 11.2 Å². The van der Waals surface area contributed by atoms with Gasteiger partial charge in [-0.05, 0) is 51.4 Å². The monoisotopic (exact) mass is 170 g/mol. The number of rotatable bonds is 1. The number of fused-ring (bicyclic) bond motifs is 1. The van der Waals surface area contributed by atoms with E-state index in [1.54, 1.807) is 0 Å². The van der Waals surface area contributed by atoms with Crippen LogP contribution in [0.4, 0.5) is 0 Å². The van der Waals surface area contributed by atoms with E-state index in [1.165, 1.54) is 0 Å². The highest BCUT2D eigenvalue weighted by molar-refractivity contribution is 5.12. The summed E-state index contributed by atoms with van der Waals surface area (Å²) in [5.74, 6) is 1.35. The number of hydrogen-bond donors (Lipinski definition) is 2. The molecule has 70 valence electrons. The van der Waals surface area contributed by atoms with Crippen molar-refractivity contribution in [2.45, 2.75) is 44.8 Å². The first-order valence-corrected chi connectivity index (χ1v) is 4.77. The largest absolute Gasteiger partial charge is 0.390 e. The second-order valence-electron chi connectivity index (χ2n) is 5.33. The van der Waals surface area contributed by atoms with E-state index in [2.05, 4.69) is 0 Å². The van der Waals surface area contributed by atoms with E-state index >= 15 is 0 Å². The second kappa shape index (κ2) is 2.05. The SMILES string of the molecule is CC(C)(O)C1CC(C)(O)C2CC12. The van der Waals surface area contributed by atoms with Crippen molar-refractivity contribution in [1.29, 1.82) is 0 Å². The van der Waals surface area contributed by atoms with Crippen molar-refractivity contribution in [3.05, 3.63) is 0 Å². The molecule has 2 N–H and O–H groups in total. The standard InChI is InChI=1S/C10H18O2/c1-9(2,11)8-5-10(3,12)7-4-6(7)8/h6-8,11-12H,4-5H2,1-3H3. The summed E-state index contributed by atoms with van der Waals surface area (Å²) in [6.45, 7) is 5.62. The topological polar surface area (TPSA) is 40.5 Å². The maximum Gasteiger partial charge on any atom is 0.0654 e. The summed E-state index contributed by atoms with van der Waals surface area (Å²) in [7, 11) is 0. The first-order chi connectivity index (χ1) is 5.32. The quantitative estimate of drug-likeness (QED) is 0.620. The molecule has 0 aromatic carbocycles. The van der Waals surface area contributed by atoms with Crippen LogP contribution in [0.2, 0.25) is 0 Å². The molecular weight excluding hydrogens is 152 g/mol. The highest BCUT2D eigenvalue weighted by Crippen LogP contribution is 2.62. The molecule has 4 atom stereocenters. The summed E-state index contributed by atoms with van der Waals surface area (Å²) >= 11 is 0. The van der Waals surface area contributed by atoms with Gasteiger partial charge in [0.15, 0.2) is 0 Å². The van der Waals surface area contributed by atoms with E-state index in [-0.39, 0.29) is 0 Å². The third-order valence-electron chi connectivity index (χ3n) is 3.70. The lowest BCUT2D eigenvalue weighted by Crippen LogP contribution is -2.34. The Bertz CT molecular complexity index is 202. The fraction of sp³-hybridized carbons (Fsp3) is 1.00. The minimum absolute atomic E-state index is 0.303. The average molecular weight is 170 g/mol. The summed E-state index contributed by atoms with van der Waals surface area (Å²) in [5.41, 5.74) is -1.12. The Morgan fingerprint density at radius 3 is 2.17 bits per heavy atom. The molecule has 0 aliphatic heterocycles. The fourth-order valence-corrected chi connectivity index (χ4v) is 2.90. The molecular formula is C10H18O2. The summed E-state index contributed by atoms with van der Waals surface area (Å²) in [5, 5.41) is 19.8. The summed E-state index contributed by atoms with van der Waals surface area (Å²) in [6.07, 6.45) is 1.88. The molecule has 0 aromatic rings. The first-order valence-electron chi connectivity index (χ1n) is 4.77. The molecule has 0 amide bonds. The Hall–Kier alpha value is -0.0800. The molecule has 2 rings (SSSR count). The third kappa shape index (κ3) is 1.09. The van der Waals surface area contributed by atoms with Gasteiger partial charge in [0.25, 0.3) is 0 Å². The lowest BCUT2D eigenvalue weighted by atomic mass is 9.84. The van der Waals surface area contributed by atoms with Crippen LogP contribution >= 0.6 is 0 Å². The molecule has 2 saturated carbocycles. The summed E-state index contributed by atoms with van der Waals surface area (Å²) < 4.78 is 0. The molecule has 2 heteroatoms. The van der Waals surface area contributed by atoms with Crippen LogP contribution in [0.25, 0.3) is 0 Å². The molecule has 0 radical (unpaired) electrons. The van der Waals surface area contributed by atoms with Crippen molar-refractivity contribution in [3.8, 4) is 0 Å². The van der Waals surface area contributed by atoms with Gasteiger partial charge in [-0.2, -0.15) is 0 Å². The molecule has 0 heterocycles. The molecule has 2 aliphatic rings. The smallest absolute Gasteiger partial charge is 0.0654 e. The van der Waals surface area contributed by atoms with Gasteiger partial charge in [-0.1, -0.05) is 0 Å². The van der Waals surface area contributed by atoms with Gasteiger partial charge in [0.05, 0.1) is 11.2 Å². The minimum atomic E-state index is -0.611. The molecule has 0 bridgehead atoms. The lowest BCUT2D eigenvalue weighted by Gasteiger charge is -2.29. The van der Waals surface area contributed by atoms with Crippen molar-refractivity contribution in [2.24, 2.45) is 17.8 Å². The van der Waals surface area contributed by atoms with Crippen LogP contribution in [0.15, 0.2) is 0 Å². The van der Waals surface area contributed by atoms with Gasteiger partial charge >= 0.3 is 0 Å². The van der Waals surface area contributed by atoms with Crippen LogP contribution < -0.4 is 0 Å². The van der Waals surface area contributed by atoms with Gasteiger partial charge in [0.2, 0.25) is 0 Å². The van der Waals surface area contributed by atoms with Gasteiger partial charge in [-0.3, -0.25) is 0 Å². The average Bonchev–Trinajstić information content (AvgIpc) is 2.54. The lowest BCUT2D eigenvalue weighted by molar-refractivity contribution is -0.0200. The highest BCUT2D eigenvalue weighted by Gasteiger charge is 2.62. The van der Waals surface area contributed by atoms with Crippen molar-refractivity contribution in [2.75, 3.05) is 0 Å². The third-order valence-corrected chi connectivity index (χ3v) is 3.70. The molecule has 2 nitrogen and oxygen atoms in total. The Labute approximate surface area is 73.6 Å². The van der Waals surface area contributed by atoms with Crippen LogP contribution in [0.5, 0.6) is 0 Å². The van der Waals surface area contributed by atoms with E-state index in [4.69, 9.17) is 0 Å². The molecule has 0 spiro atoms. The van der Waals surface area contributed by atoms with Gasteiger partial charge in [0.1, 0.15) is 0 Å². The van der Waals surface area contributed by atoms with Gasteiger partial charge in [0, 0.05) is 0 Å².